The number of nitrogens with two attached hydrogens (primary N) is 1. The second-order valence-corrected chi connectivity index (χ2v) is 6.61. The van der Waals surface area contributed by atoms with E-state index in [2.05, 4.69) is 21.3 Å². The second-order valence-electron chi connectivity index (χ2n) is 6.61. The predicted octanol–water partition coefficient (Wildman–Crippen LogP) is 2.54. The molecule has 1 aliphatic heterocycles. The molecule has 0 radical (unpaired) electrons. The summed E-state index contributed by atoms with van der Waals surface area (Å²) in [6.45, 7) is 0. The summed E-state index contributed by atoms with van der Waals surface area (Å²) in [5.74, 6) is -1.35. The molecular weight excluding hydrogens is 389 g/mol. The largest absolute Gasteiger partial charge is 0.469 e. The maximum atomic E-state index is 13.3. The molecule has 0 bridgehead atoms. The predicted molar refractivity (Wildman–Crippen MR) is 103 cm³/mol. The first-order valence-electron chi connectivity index (χ1n) is 8.94. The molecule has 0 amide bonds. The second kappa shape index (κ2) is 7.67. The molecule has 8 nitrogen and oxygen atoms in total. The number of carbonyl (C=O) groups is 1. The van der Waals surface area contributed by atoms with Crippen LogP contribution >= 0.6 is 0 Å². The van der Waals surface area contributed by atoms with Crippen molar-refractivity contribution in [3.63, 3.8) is 0 Å². The smallest absolute Gasteiger partial charge is 0.311 e. The molecule has 0 aliphatic carbocycles. The number of ether oxygens (including phenoxy) is 2. The molecule has 3 N–H and O–H groups in total. The number of allylic oxidation sites excluding steroid dienone is 1. The quantitative estimate of drug-likeness (QED) is 0.639. The number of esters is 1. The van der Waals surface area contributed by atoms with E-state index in [-0.39, 0.29) is 29.6 Å². The standard InChI is InChI=1S/C21H16FN5O3/c1-29-17(28)7-16-19-18(15(8-23)20(24)30-21(19)27-26-16)13-6-12(9-25-10-13)11-2-4-14(22)5-3-11/h2-6,9-10,18H,7,24H2,1H3,(H,26,27)/t18-/m1/s1. The van der Waals surface area contributed by atoms with Crippen LogP contribution in [0.4, 0.5) is 4.39 Å². The highest BCUT2D eigenvalue weighted by molar-refractivity contribution is 5.73. The molecule has 3 heterocycles. The van der Waals surface area contributed by atoms with Gasteiger partial charge in [-0.15, -0.1) is 5.10 Å². The van der Waals surface area contributed by atoms with Crippen LogP contribution in [-0.2, 0) is 16.0 Å². The number of methoxy groups -OCH3 is 1. The molecule has 2 aromatic heterocycles. The lowest BCUT2D eigenvalue weighted by Crippen LogP contribution is -2.22. The van der Waals surface area contributed by atoms with Gasteiger partial charge in [-0.05, 0) is 29.3 Å². The van der Waals surface area contributed by atoms with Gasteiger partial charge in [0.2, 0.25) is 11.8 Å². The zero-order chi connectivity index (χ0) is 21.3. The number of hydrogen-bond donors (Lipinski definition) is 2. The summed E-state index contributed by atoms with van der Waals surface area (Å²) in [4.78, 5) is 16.1. The Hall–Kier alpha value is -4.19. The Labute approximate surface area is 170 Å². The molecule has 0 unspecified atom stereocenters. The van der Waals surface area contributed by atoms with Crippen molar-refractivity contribution >= 4 is 5.97 Å². The summed E-state index contributed by atoms with van der Waals surface area (Å²) in [5.41, 5.74) is 9.24. The van der Waals surface area contributed by atoms with Crippen LogP contribution in [0.3, 0.4) is 0 Å². The highest BCUT2D eigenvalue weighted by atomic mass is 19.1. The number of benzene rings is 1. The van der Waals surface area contributed by atoms with Crippen LogP contribution in [0, 0.1) is 17.1 Å². The van der Waals surface area contributed by atoms with Crippen LogP contribution in [0.1, 0.15) is 22.7 Å². The number of nitrogens with zero attached hydrogens (tertiary/aromatic N) is 3. The molecule has 0 fully saturated rings. The first-order valence-corrected chi connectivity index (χ1v) is 8.94. The van der Waals surface area contributed by atoms with Crippen LogP contribution in [0.25, 0.3) is 11.1 Å². The van der Waals surface area contributed by atoms with Crippen molar-refractivity contribution in [3.8, 4) is 23.1 Å². The van der Waals surface area contributed by atoms with Crippen LogP contribution in [0.15, 0.2) is 54.2 Å². The van der Waals surface area contributed by atoms with E-state index in [9.17, 15) is 14.4 Å². The van der Waals surface area contributed by atoms with E-state index in [0.717, 1.165) is 11.1 Å². The van der Waals surface area contributed by atoms with Crippen molar-refractivity contribution in [2.45, 2.75) is 12.3 Å². The highest BCUT2D eigenvalue weighted by Crippen LogP contribution is 2.43. The van der Waals surface area contributed by atoms with Gasteiger partial charge in [0.25, 0.3) is 0 Å². The Morgan fingerprint density at radius 1 is 1.33 bits per heavy atom. The fourth-order valence-electron chi connectivity index (χ4n) is 3.41. The number of halogens is 1. The van der Waals surface area contributed by atoms with Crippen LogP contribution in [0.2, 0.25) is 0 Å². The number of carbonyl (C=O) groups excluding carboxylic acids is 1. The van der Waals surface area contributed by atoms with Crippen LogP contribution in [0.5, 0.6) is 5.88 Å². The van der Waals surface area contributed by atoms with Crippen molar-refractivity contribution in [2.75, 3.05) is 7.11 Å². The van der Waals surface area contributed by atoms with Gasteiger partial charge in [0.1, 0.15) is 17.5 Å². The molecule has 0 saturated heterocycles. The highest BCUT2D eigenvalue weighted by Gasteiger charge is 2.36. The van der Waals surface area contributed by atoms with E-state index in [4.69, 9.17) is 15.2 Å². The minimum Gasteiger partial charge on any atom is -0.469 e. The lowest BCUT2D eigenvalue weighted by molar-refractivity contribution is -0.139. The zero-order valence-corrected chi connectivity index (χ0v) is 15.8. The van der Waals surface area contributed by atoms with E-state index >= 15 is 0 Å². The average Bonchev–Trinajstić information content (AvgIpc) is 3.15. The number of rotatable bonds is 4. The van der Waals surface area contributed by atoms with E-state index in [1.54, 1.807) is 24.5 Å². The molecule has 150 valence electrons. The summed E-state index contributed by atoms with van der Waals surface area (Å²) in [7, 11) is 1.29. The van der Waals surface area contributed by atoms with Crippen LogP contribution < -0.4 is 10.5 Å². The monoisotopic (exact) mass is 405 g/mol. The van der Waals surface area contributed by atoms with E-state index in [1.165, 1.54) is 19.2 Å². The zero-order valence-electron chi connectivity index (χ0n) is 15.8. The summed E-state index contributed by atoms with van der Waals surface area (Å²) < 4.78 is 23.5. The van der Waals surface area contributed by atoms with Crippen molar-refractivity contribution in [2.24, 2.45) is 5.73 Å². The van der Waals surface area contributed by atoms with Gasteiger partial charge in [0.15, 0.2) is 0 Å². The van der Waals surface area contributed by atoms with Crippen molar-refractivity contribution in [1.29, 1.82) is 5.26 Å². The normalized spacial score (nSPS) is 15.2. The molecule has 1 atom stereocenters. The van der Waals surface area contributed by atoms with Gasteiger partial charge in [-0.25, -0.2) is 4.39 Å². The van der Waals surface area contributed by atoms with E-state index < -0.39 is 11.9 Å². The first-order chi connectivity index (χ1) is 14.5. The Kier molecular flexibility index (Phi) is 4.90. The molecule has 3 aromatic rings. The Morgan fingerprint density at radius 3 is 2.80 bits per heavy atom. The Bertz CT molecular complexity index is 1190. The van der Waals surface area contributed by atoms with Gasteiger partial charge in [-0.1, -0.05) is 12.1 Å². The maximum absolute atomic E-state index is 13.3. The van der Waals surface area contributed by atoms with Crippen molar-refractivity contribution < 1.29 is 18.7 Å². The molecular formula is C21H16FN5O3. The lowest BCUT2D eigenvalue weighted by atomic mass is 9.83. The number of aromatic amines is 1. The van der Waals surface area contributed by atoms with Crippen molar-refractivity contribution in [3.05, 3.63) is 76.8 Å². The summed E-state index contributed by atoms with van der Waals surface area (Å²) >= 11 is 0. The SMILES string of the molecule is COC(=O)Cc1[nH]nc2c1[C@H](c1cncc(-c3ccc(F)cc3)c1)C(C#N)=C(N)O2. The minimum atomic E-state index is -0.648. The number of fused-ring (bicyclic) bond motifs is 1. The van der Waals surface area contributed by atoms with Gasteiger partial charge in [-0.3, -0.25) is 14.9 Å². The summed E-state index contributed by atoms with van der Waals surface area (Å²) in [5, 5.41) is 16.6. The summed E-state index contributed by atoms with van der Waals surface area (Å²) in [6, 6.07) is 9.92. The third-order valence-electron chi connectivity index (χ3n) is 4.84. The van der Waals surface area contributed by atoms with E-state index in [0.29, 0.717) is 16.8 Å². The molecule has 4 rings (SSSR count). The van der Waals surface area contributed by atoms with Gasteiger partial charge >= 0.3 is 5.97 Å². The number of pyridine rings is 1. The number of nitriles is 1. The number of aromatic nitrogens is 3. The Morgan fingerprint density at radius 2 is 2.10 bits per heavy atom. The van der Waals surface area contributed by atoms with Crippen LogP contribution in [-0.4, -0.2) is 28.3 Å². The van der Waals surface area contributed by atoms with Gasteiger partial charge in [0.05, 0.1) is 30.7 Å². The molecule has 1 aliphatic rings. The Balaban J connectivity index is 1.84. The fraction of sp³-hybridized carbons (Fsp3) is 0.143. The molecule has 0 saturated carbocycles. The van der Waals surface area contributed by atoms with Crippen molar-refractivity contribution in [1.82, 2.24) is 15.2 Å². The minimum absolute atomic E-state index is 0.0710. The number of nitrogens with one attached hydrogen (secondary N) is 1. The molecule has 1 aromatic carbocycles. The number of hydrogen-bond acceptors (Lipinski definition) is 7. The first kappa shape index (κ1) is 19.1. The summed E-state index contributed by atoms with van der Waals surface area (Å²) in [6.07, 6.45) is 3.16. The van der Waals surface area contributed by atoms with E-state index in [1.807, 2.05) is 6.07 Å². The van der Waals surface area contributed by atoms with Gasteiger partial charge in [-0.2, -0.15) is 5.26 Å². The molecule has 30 heavy (non-hydrogen) atoms. The third kappa shape index (κ3) is 3.35. The molecule has 9 heteroatoms. The topological polar surface area (TPSA) is 127 Å². The lowest BCUT2D eigenvalue weighted by Gasteiger charge is -2.24. The average molecular weight is 405 g/mol. The third-order valence-corrected chi connectivity index (χ3v) is 4.84. The fourth-order valence-corrected chi connectivity index (χ4v) is 3.41. The van der Waals surface area contributed by atoms with Gasteiger partial charge in [0, 0.05) is 18.0 Å². The molecule has 0 spiro atoms. The van der Waals surface area contributed by atoms with Gasteiger partial charge < -0.3 is 15.2 Å². The number of H-pyrrole nitrogens is 1. The maximum Gasteiger partial charge on any atom is 0.311 e.